The molecule has 0 radical (unpaired) electrons. The second kappa shape index (κ2) is 4.82. The first-order chi connectivity index (χ1) is 6.56. The van der Waals surface area contributed by atoms with Crippen molar-refractivity contribution in [3.63, 3.8) is 0 Å². The van der Waals surface area contributed by atoms with Gasteiger partial charge in [-0.1, -0.05) is 20.3 Å². The Balaban J connectivity index is 2.61. The molecule has 3 nitrogen and oxygen atoms in total. The van der Waals surface area contributed by atoms with Gasteiger partial charge in [-0.2, -0.15) is 0 Å². The molecule has 1 heterocycles. The third-order valence-electron chi connectivity index (χ3n) is 2.49. The maximum atomic E-state index is 11.5. The van der Waals surface area contributed by atoms with E-state index < -0.39 is 0 Å². The number of thioether (sulfide) groups is 1. The van der Waals surface area contributed by atoms with E-state index in [9.17, 15) is 9.59 Å². The van der Waals surface area contributed by atoms with Crippen LogP contribution < -0.4 is 5.32 Å². The average molecular weight is 215 g/mol. The maximum Gasteiger partial charge on any atom is 0.239 e. The minimum atomic E-state index is -0.153. The van der Waals surface area contributed by atoms with Crippen molar-refractivity contribution in [1.82, 2.24) is 5.32 Å². The van der Waals surface area contributed by atoms with Crippen LogP contribution in [0.3, 0.4) is 0 Å². The Hall–Kier alpha value is -0.510. The summed E-state index contributed by atoms with van der Waals surface area (Å²) >= 11 is 1.49. The lowest BCUT2D eigenvalue weighted by Gasteiger charge is -2.29. The number of hydrogen-bond acceptors (Lipinski definition) is 3. The average Bonchev–Trinajstić information content (AvgIpc) is 2.11. The van der Waals surface area contributed by atoms with E-state index in [-0.39, 0.29) is 22.3 Å². The molecule has 1 aliphatic rings. The fourth-order valence-corrected chi connectivity index (χ4v) is 2.85. The lowest BCUT2D eigenvalue weighted by Crippen LogP contribution is -2.49. The van der Waals surface area contributed by atoms with Crippen molar-refractivity contribution in [2.75, 3.05) is 0 Å². The lowest BCUT2D eigenvalue weighted by atomic mass is 10.0. The van der Waals surface area contributed by atoms with E-state index in [2.05, 4.69) is 19.2 Å². The number of nitrogens with one attached hydrogen (secondary N) is 1. The number of carbonyl (C=O) groups is 2. The largest absolute Gasteiger partial charge is 0.295 e. The number of amides is 2. The molecule has 2 amide bonds. The molecule has 3 unspecified atom stereocenters. The van der Waals surface area contributed by atoms with Crippen molar-refractivity contribution in [3.05, 3.63) is 0 Å². The Morgan fingerprint density at radius 2 is 2.07 bits per heavy atom. The third-order valence-corrected chi connectivity index (χ3v) is 4.08. The lowest BCUT2D eigenvalue weighted by molar-refractivity contribution is -0.130. The van der Waals surface area contributed by atoms with Gasteiger partial charge < -0.3 is 0 Å². The molecule has 14 heavy (non-hydrogen) atoms. The van der Waals surface area contributed by atoms with Gasteiger partial charge in [0.1, 0.15) is 0 Å². The van der Waals surface area contributed by atoms with Crippen molar-refractivity contribution in [1.29, 1.82) is 0 Å². The molecule has 1 saturated heterocycles. The van der Waals surface area contributed by atoms with Gasteiger partial charge >= 0.3 is 0 Å². The zero-order valence-corrected chi connectivity index (χ0v) is 9.69. The number of carbonyl (C=O) groups excluding carboxylic acids is 2. The standard InChI is InChI=1S/C10H17NO2S/c1-4-5-6(2)8-10(13)11-9(12)7(3)14-8/h6-8H,4-5H2,1-3H3,(H,11,12,13). The molecule has 4 heteroatoms. The van der Waals surface area contributed by atoms with Gasteiger partial charge in [-0.25, -0.2) is 0 Å². The Kier molecular flexibility index (Phi) is 3.98. The first-order valence-corrected chi connectivity index (χ1v) is 6.00. The van der Waals surface area contributed by atoms with Gasteiger partial charge in [0.2, 0.25) is 11.8 Å². The summed E-state index contributed by atoms with van der Waals surface area (Å²) in [5.41, 5.74) is 0. The van der Waals surface area contributed by atoms with Crippen molar-refractivity contribution in [2.24, 2.45) is 5.92 Å². The molecule has 0 saturated carbocycles. The summed E-state index contributed by atoms with van der Waals surface area (Å²) in [6, 6.07) is 0. The first kappa shape index (κ1) is 11.6. The zero-order chi connectivity index (χ0) is 10.7. The highest BCUT2D eigenvalue weighted by Gasteiger charge is 2.35. The molecular formula is C10H17NO2S. The van der Waals surface area contributed by atoms with Crippen LogP contribution in [0, 0.1) is 5.92 Å². The normalized spacial score (nSPS) is 29.9. The van der Waals surface area contributed by atoms with Gasteiger partial charge in [-0.15, -0.1) is 11.8 Å². The summed E-state index contributed by atoms with van der Waals surface area (Å²) in [5.74, 6) is 0.0829. The van der Waals surface area contributed by atoms with Gasteiger partial charge in [-0.05, 0) is 19.3 Å². The second-order valence-electron chi connectivity index (χ2n) is 3.82. The molecule has 1 N–H and O–H groups in total. The van der Waals surface area contributed by atoms with Crippen molar-refractivity contribution >= 4 is 23.6 Å². The fourth-order valence-electron chi connectivity index (χ4n) is 1.64. The third kappa shape index (κ3) is 2.50. The Morgan fingerprint density at radius 3 is 2.64 bits per heavy atom. The topological polar surface area (TPSA) is 46.2 Å². The summed E-state index contributed by atoms with van der Waals surface area (Å²) in [7, 11) is 0. The van der Waals surface area contributed by atoms with Crippen LogP contribution in [0.2, 0.25) is 0 Å². The summed E-state index contributed by atoms with van der Waals surface area (Å²) in [6.07, 6.45) is 2.11. The highest BCUT2D eigenvalue weighted by molar-refractivity contribution is 8.02. The van der Waals surface area contributed by atoms with Crippen molar-refractivity contribution in [3.8, 4) is 0 Å². The molecule has 0 bridgehead atoms. The fraction of sp³-hybridized carbons (Fsp3) is 0.800. The highest BCUT2D eigenvalue weighted by Crippen LogP contribution is 2.30. The second-order valence-corrected chi connectivity index (χ2v) is 5.31. The predicted octanol–water partition coefficient (Wildman–Crippen LogP) is 1.57. The van der Waals surface area contributed by atoms with Gasteiger partial charge in [0.15, 0.2) is 0 Å². The Morgan fingerprint density at radius 1 is 1.43 bits per heavy atom. The van der Waals surface area contributed by atoms with Crippen LogP contribution in [-0.2, 0) is 9.59 Å². The SMILES string of the molecule is CCCC(C)C1SC(C)C(=O)NC1=O. The van der Waals surface area contributed by atoms with Crippen LogP contribution >= 0.6 is 11.8 Å². The van der Waals surface area contributed by atoms with Gasteiger partial charge in [0.25, 0.3) is 0 Å². The molecule has 1 rings (SSSR count). The monoisotopic (exact) mass is 215 g/mol. The summed E-state index contributed by atoms with van der Waals surface area (Å²) in [5, 5.41) is 2.27. The molecule has 80 valence electrons. The zero-order valence-electron chi connectivity index (χ0n) is 8.87. The number of imide groups is 1. The molecule has 0 spiro atoms. The number of rotatable bonds is 3. The molecule has 0 aromatic heterocycles. The molecule has 1 fully saturated rings. The summed E-state index contributed by atoms with van der Waals surface area (Å²) in [4.78, 5) is 22.7. The van der Waals surface area contributed by atoms with E-state index in [4.69, 9.17) is 0 Å². The van der Waals surface area contributed by atoms with Crippen LogP contribution in [-0.4, -0.2) is 22.3 Å². The minimum Gasteiger partial charge on any atom is -0.295 e. The maximum absolute atomic E-state index is 11.5. The van der Waals surface area contributed by atoms with E-state index >= 15 is 0 Å². The van der Waals surface area contributed by atoms with Crippen LogP contribution in [0.4, 0.5) is 0 Å². The van der Waals surface area contributed by atoms with Crippen LogP contribution in [0.15, 0.2) is 0 Å². The van der Waals surface area contributed by atoms with E-state index in [1.807, 2.05) is 6.92 Å². The molecule has 3 atom stereocenters. The quantitative estimate of drug-likeness (QED) is 0.727. The molecule has 0 aliphatic carbocycles. The summed E-state index contributed by atoms with van der Waals surface area (Å²) < 4.78 is 0. The van der Waals surface area contributed by atoms with E-state index in [1.165, 1.54) is 11.8 Å². The number of hydrogen-bond donors (Lipinski definition) is 1. The van der Waals surface area contributed by atoms with Gasteiger partial charge in [-0.3, -0.25) is 14.9 Å². The van der Waals surface area contributed by atoms with E-state index in [0.717, 1.165) is 12.8 Å². The molecule has 1 aliphatic heterocycles. The van der Waals surface area contributed by atoms with Crippen molar-refractivity contribution in [2.45, 2.75) is 44.1 Å². The molecule has 0 aromatic rings. The summed E-state index contributed by atoms with van der Waals surface area (Å²) in [6.45, 7) is 6.03. The molecule has 0 aromatic carbocycles. The van der Waals surface area contributed by atoms with Gasteiger partial charge in [0, 0.05) is 0 Å². The van der Waals surface area contributed by atoms with Crippen LogP contribution in [0.25, 0.3) is 0 Å². The molecular weight excluding hydrogens is 198 g/mol. The smallest absolute Gasteiger partial charge is 0.239 e. The first-order valence-electron chi connectivity index (χ1n) is 5.06. The van der Waals surface area contributed by atoms with Crippen molar-refractivity contribution < 1.29 is 9.59 Å². The highest BCUT2D eigenvalue weighted by atomic mass is 32.2. The van der Waals surface area contributed by atoms with E-state index in [1.54, 1.807) is 0 Å². The van der Waals surface area contributed by atoms with Crippen LogP contribution in [0.5, 0.6) is 0 Å². The minimum absolute atomic E-state index is 0.0531. The van der Waals surface area contributed by atoms with Crippen LogP contribution in [0.1, 0.15) is 33.6 Å². The Bertz CT molecular complexity index is 242. The predicted molar refractivity (Wildman–Crippen MR) is 58.1 cm³/mol. The van der Waals surface area contributed by atoms with Gasteiger partial charge in [0.05, 0.1) is 10.5 Å². The van der Waals surface area contributed by atoms with E-state index in [0.29, 0.717) is 5.92 Å². The Labute approximate surface area is 89.0 Å².